The van der Waals surface area contributed by atoms with Crippen LogP contribution in [0.1, 0.15) is 124 Å². The number of phenols is 2. The molecule has 0 aromatic heterocycles. The highest BCUT2D eigenvalue weighted by Gasteiger charge is 2.35. The molecular formula is C48H76N8O2+2. The Bertz CT molecular complexity index is 1670. The lowest BCUT2D eigenvalue weighted by Crippen LogP contribution is -2.57. The van der Waals surface area contributed by atoms with Gasteiger partial charge in [0.05, 0.1) is 91.6 Å². The summed E-state index contributed by atoms with van der Waals surface area (Å²) in [5, 5.41) is 21.8. The molecule has 0 bridgehead atoms. The number of aromatic hydroxyl groups is 2. The maximum absolute atomic E-state index is 10.9. The Morgan fingerprint density at radius 3 is 1.40 bits per heavy atom. The summed E-state index contributed by atoms with van der Waals surface area (Å²) in [6.45, 7) is 19.9. The average Bonchev–Trinajstić information content (AvgIpc) is 3.21. The molecule has 4 heterocycles. The van der Waals surface area contributed by atoms with E-state index in [1.54, 1.807) is 0 Å². The molecule has 0 aliphatic carbocycles. The number of nitrogens with zero attached hydrogens (tertiary/aromatic N) is 8. The van der Waals surface area contributed by atoms with E-state index in [2.05, 4.69) is 81.0 Å². The third-order valence-electron chi connectivity index (χ3n) is 13.0. The smallest absolute Gasteiger partial charge is 0.350 e. The van der Waals surface area contributed by atoms with E-state index < -0.39 is 0 Å². The van der Waals surface area contributed by atoms with Crippen LogP contribution in [0, 0.1) is 13.8 Å². The molecule has 2 saturated heterocycles. The molecule has 0 saturated carbocycles. The van der Waals surface area contributed by atoms with Crippen molar-refractivity contribution in [3.05, 3.63) is 57.6 Å². The van der Waals surface area contributed by atoms with E-state index in [4.69, 9.17) is 9.98 Å². The second-order valence-corrected chi connectivity index (χ2v) is 17.9. The van der Waals surface area contributed by atoms with Crippen LogP contribution in [0.5, 0.6) is 11.5 Å². The lowest BCUT2D eigenvalue weighted by atomic mass is 10.00. The second-order valence-electron chi connectivity index (χ2n) is 17.9. The van der Waals surface area contributed by atoms with Crippen molar-refractivity contribution in [2.24, 2.45) is 9.98 Å². The first-order valence-corrected chi connectivity index (χ1v) is 23.0. The Kier molecular flexibility index (Phi) is 15.9. The number of aryl methyl sites for hydroxylation is 4. The van der Waals surface area contributed by atoms with Gasteiger partial charge in [-0.1, -0.05) is 37.8 Å². The molecule has 4 aliphatic heterocycles. The highest BCUT2D eigenvalue weighted by molar-refractivity contribution is 5.85. The van der Waals surface area contributed by atoms with Gasteiger partial charge < -0.3 is 10.2 Å². The fourth-order valence-electron chi connectivity index (χ4n) is 9.58. The number of hydrogen-bond donors (Lipinski definition) is 2. The first kappa shape index (κ1) is 43.5. The number of fused-ring (bicyclic) bond motifs is 2. The zero-order chi connectivity index (χ0) is 41.0. The molecule has 10 heteroatoms. The second kappa shape index (κ2) is 21.3. The van der Waals surface area contributed by atoms with Gasteiger partial charge in [-0.25, -0.2) is 0 Å². The number of rotatable bonds is 19. The predicted octanol–water partition coefficient (Wildman–Crippen LogP) is 7.05. The Balaban J connectivity index is 0.930. The Morgan fingerprint density at radius 2 is 0.966 bits per heavy atom. The Morgan fingerprint density at radius 1 is 0.569 bits per heavy atom. The molecule has 2 aromatic carbocycles. The van der Waals surface area contributed by atoms with E-state index in [-0.39, 0.29) is 12.1 Å². The number of phenolic OH excluding ortho intramolecular Hbond substituents is 2. The topological polar surface area (TPSA) is 84.2 Å². The maximum Gasteiger partial charge on any atom is 0.350 e. The highest BCUT2D eigenvalue weighted by atomic mass is 16.3. The van der Waals surface area contributed by atoms with Gasteiger partial charge in [0.25, 0.3) is 0 Å². The van der Waals surface area contributed by atoms with Crippen molar-refractivity contribution in [3.63, 3.8) is 0 Å². The van der Waals surface area contributed by atoms with Crippen LogP contribution in [-0.2, 0) is 12.8 Å². The van der Waals surface area contributed by atoms with Gasteiger partial charge >= 0.3 is 11.9 Å². The molecule has 58 heavy (non-hydrogen) atoms. The van der Waals surface area contributed by atoms with Crippen molar-refractivity contribution < 1.29 is 19.4 Å². The zero-order valence-corrected chi connectivity index (χ0v) is 37.1. The third-order valence-corrected chi connectivity index (χ3v) is 13.0. The fourth-order valence-corrected chi connectivity index (χ4v) is 9.58. The van der Waals surface area contributed by atoms with Crippen LogP contribution in [0.25, 0.3) is 0 Å². The molecule has 10 nitrogen and oxygen atoms in total. The summed E-state index contributed by atoms with van der Waals surface area (Å²) in [6, 6.07) is 8.28. The molecule has 0 spiro atoms. The van der Waals surface area contributed by atoms with Crippen LogP contribution in [0.3, 0.4) is 0 Å². The van der Waals surface area contributed by atoms with Crippen LogP contribution < -0.4 is 0 Å². The van der Waals surface area contributed by atoms with Crippen molar-refractivity contribution in [1.29, 1.82) is 0 Å². The van der Waals surface area contributed by atoms with Crippen molar-refractivity contribution >= 4 is 24.3 Å². The summed E-state index contributed by atoms with van der Waals surface area (Å²) in [7, 11) is 4.50. The Hall–Kier alpha value is -4.08. The van der Waals surface area contributed by atoms with E-state index in [1.807, 2.05) is 26.3 Å². The van der Waals surface area contributed by atoms with Crippen LogP contribution in [-0.4, -0.2) is 155 Å². The number of hydrogen-bond acceptors (Lipinski definition) is 8. The lowest BCUT2D eigenvalue weighted by Gasteiger charge is -2.36. The van der Waals surface area contributed by atoms with Crippen LogP contribution in [0.4, 0.5) is 0 Å². The van der Waals surface area contributed by atoms with E-state index >= 15 is 0 Å². The molecule has 6 rings (SSSR count). The summed E-state index contributed by atoms with van der Waals surface area (Å²) >= 11 is 0. The van der Waals surface area contributed by atoms with E-state index in [0.717, 1.165) is 61.0 Å². The van der Waals surface area contributed by atoms with Gasteiger partial charge in [-0.05, 0) is 101 Å². The summed E-state index contributed by atoms with van der Waals surface area (Å²) < 4.78 is 4.91. The van der Waals surface area contributed by atoms with Crippen molar-refractivity contribution in [3.8, 4) is 11.5 Å². The minimum atomic E-state index is -0.0884. The van der Waals surface area contributed by atoms with Gasteiger partial charge in [-0.15, -0.1) is 0 Å². The summed E-state index contributed by atoms with van der Waals surface area (Å²) in [5.41, 5.74) is 5.85. The number of benzene rings is 2. The Labute approximate surface area is 350 Å². The summed E-state index contributed by atoms with van der Waals surface area (Å²) in [4.78, 5) is 20.1. The quantitative estimate of drug-likeness (QED) is 0.0902. The maximum atomic E-state index is 10.9. The molecule has 4 aliphatic rings. The van der Waals surface area contributed by atoms with Crippen molar-refractivity contribution in [1.82, 2.24) is 19.6 Å². The minimum absolute atomic E-state index is 0.0884. The SMILES string of the molecule is Cc1cc(CCCCCCN2CCCN3CCC[N+](C)=C23)cc(C=NC(C)C(C)N=Cc2cc(CCCCCCN3CCCN4CCC[N+](C)=C34)cc(C)c2O)c1O. The average molecular weight is 797 g/mol. The molecule has 318 valence electrons. The number of aliphatic imine (C=N–C) groups is 2. The number of guanidine groups is 2. The first-order valence-electron chi connectivity index (χ1n) is 23.0. The molecule has 2 N–H and O–H groups in total. The van der Waals surface area contributed by atoms with Gasteiger partial charge in [0.2, 0.25) is 0 Å². The first-order chi connectivity index (χ1) is 28.1. The van der Waals surface area contributed by atoms with Crippen LogP contribution in [0.2, 0.25) is 0 Å². The molecule has 2 atom stereocenters. The van der Waals surface area contributed by atoms with E-state index in [0.29, 0.717) is 11.5 Å². The molecule has 2 unspecified atom stereocenters. The van der Waals surface area contributed by atoms with Crippen molar-refractivity contribution in [2.45, 2.75) is 130 Å². The highest BCUT2D eigenvalue weighted by Crippen LogP contribution is 2.26. The molecule has 0 amide bonds. The monoisotopic (exact) mass is 797 g/mol. The lowest BCUT2D eigenvalue weighted by molar-refractivity contribution is -0.515. The van der Waals surface area contributed by atoms with Gasteiger partial charge in [0.15, 0.2) is 0 Å². The van der Waals surface area contributed by atoms with E-state index in [9.17, 15) is 10.2 Å². The van der Waals surface area contributed by atoms with E-state index in [1.165, 1.54) is 140 Å². The molecule has 0 radical (unpaired) electrons. The van der Waals surface area contributed by atoms with Crippen molar-refractivity contribution in [2.75, 3.05) is 79.5 Å². The largest absolute Gasteiger partial charge is 0.507 e. The van der Waals surface area contributed by atoms with Crippen LogP contribution >= 0.6 is 0 Å². The van der Waals surface area contributed by atoms with Gasteiger partial charge in [-0.2, -0.15) is 0 Å². The van der Waals surface area contributed by atoms with Gasteiger partial charge in [-0.3, -0.25) is 38.7 Å². The van der Waals surface area contributed by atoms with Gasteiger partial charge in [0.1, 0.15) is 11.5 Å². The molecule has 2 fully saturated rings. The van der Waals surface area contributed by atoms with Gasteiger partial charge in [0, 0.05) is 49.2 Å². The third kappa shape index (κ3) is 11.6. The predicted molar refractivity (Wildman–Crippen MR) is 241 cm³/mol. The minimum Gasteiger partial charge on any atom is -0.507 e. The number of unbranched alkanes of at least 4 members (excludes halogenated alkanes) is 6. The molecular weight excluding hydrogens is 721 g/mol. The fraction of sp³-hybridized carbons (Fsp3) is 0.667. The zero-order valence-electron chi connectivity index (χ0n) is 37.1. The normalized spacial score (nSPS) is 18.8. The summed E-state index contributed by atoms with van der Waals surface area (Å²) in [5.74, 6) is 3.52. The standard InChI is InChI=1S/C48H74N8O2/c1-37-31-41(19-11-7-9-13-23-53-27-17-29-55-25-15-21-51(5)47(53)55)33-43(45(37)57)35-49-39(3)40(4)50-36-44-34-42(32-38(2)46(44)58)20-12-8-10-14-24-54-28-18-30-56-26-16-22-52(6)48(54)56/h31-36,39-40H,7-30H2,1-6H3/p+2. The molecule has 2 aromatic rings. The summed E-state index contributed by atoms with van der Waals surface area (Å²) in [6.07, 6.45) is 20.4. The van der Waals surface area contributed by atoms with Crippen LogP contribution in [0.15, 0.2) is 34.3 Å².